The molecule has 2 aromatic rings. The van der Waals surface area contributed by atoms with E-state index < -0.39 is 0 Å². The number of piperazine rings is 1. The van der Waals surface area contributed by atoms with Gasteiger partial charge in [-0.15, -0.1) is 0 Å². The standard InChI is InChI=1S/C16H19N3O3/c1-17-11-13(12-5-3-4-6-14(12)17)15(20)18-7-9-19(10-8-18)16(21)22-2/h3-6,11H,7-10H2,1-2H3. The number of methoxy groups -OCH3 is 1. The van der Waals surface area contributed by atoms with E-state index in [0.29, 0.717) is 31.7 Å². The van der Waals surface area contributed by atoms with Crippen LogP contribution < -0.4 is 0 Å². The minimum absolute atomic E-state index is 0.0151. The Morgan fingerprint density at radius 2 is 1.68 bits per heavy atom. The van der Waals surface area contributed by atoms with Gasteiger partial charge in [0.2, 0.25) is 0 Å². The summed E-state index contributed by atoms with van der Waals surface area (Å²) < 4.78 is 6.68. The Labute approximate surface area is 128 Å². The second-order valence-electron chi connectivity index (χ2n) is 5.42. The first-order valence-electron chi connectivity index (χ1n) is 7.28. The fraction of sp³-hybridized carbons (Fsp3) is 0.375. The summed E-state index contributed by atoms with van der Waals surface area (Å²) in [6.07, 6.45) is 1.54. The van der Waals surface area contributed by atoms with Crippen molar-refractivity contribution in [3.05, 3.63) is 36.0 Å². The molecule has 0 spiro atoms. The maximum atomic E-state index is 12.8. The first-order chi connectivity index (χ1) is 10.6. The lowest BCUT2D eigenvalue weighted by atomic mass is 10.1. The van der Waals surface area contributed by atoms with Crippen molar-refractivity contribution in [3.8, 4) is 0 Å². The lowest BCUT2D eigenvalue weighted by Crippen LogP contribution is -2.50. The lowest BCUT2D eigenvalue weighted by Gasteiger charge is -2.33. The molecule has 116 valence electrons. The second-order valence-corrected chi connectivity index (χ2v) is 5.42. The Kier molecular flexibility index (Phi) is 3.75. The first kappa shape index (κ1) is 14.4. The van der Waals surface area contributed by atoms with Crippen LogP contribution in [0, 0.1) is 0 Å². The van der Waals surface area contributed by atoms with Crippen molar-refractivity contribution < 1.29 is 14.3 Å². The number of carbonyl (C=O) groups excluding carboxylic acids is 2. The number of ether oxygens (including phenoxy) is 1. The average Bonchev–Trinajstić information content (AvgIpc) is 2.91. The fourth-order valence-electron chi connectivity index (χ4n) is 2.90. The van der Waals surface area contributed by atoms with Crippen LogP contribution in [0.2, 0.25) is 0 Å². The van der Waals surface area contributed by atoms with E-state index >= 15 is 0 Å². The molecule has 6 nitrogen and oxygen atoms in total. The van der Waals surface area contributed by atoms with Gasteiger partial charge in [0.05, 0.1) is 12.7 Å². The van der Waals surface area contributed by atoms with Crippen LogP contribution in [0.25, 0.3) is 10.9 Å². The normalized spacial score (nSPS) is 15.2. The summed E-state index contributed by atoms with van der Waals surface area (Å²) in [5.74, 6) is 0.0151. The van der Waals surface area contributed by atoms with Gasteiger partial charge in [0.1, 0.15) is 0 Å². The summed E-state index contributed by atoms with van der Waals surface area (Å²) in [5, 5.41) is 0.963. The molecule has 0 atom stereocenters. The molecule has 2 amide bonds. The van der Waals surface area contributed by atoms with Crippen molar-refractivity contribution in [2.75, 3.05) is 33.3 Å². The van der Waals surface area contributed by atoms with Gasteiger partial charge in [-0.05, 0) is 6.07 Å². The fourth-order valence-corrected chi connectivity index (χ4v) is 2.90. The van der Waals surface area contributed by atoms with Crippen LogP contribution >= 0.6 is 0 Å². The maximum absolute atomic E-state index is 12.8. The zero-order valence-electron chi connectivity index (χ0n) is 12.8. The molecule has 3 rings (SSSR count). The summed E-state index contributed by atoms with van der Waals surface area (Å²) >= 11 is 0. The number of amides is 2. The predicted octanol–water partition coefficient (Wildman–Crippen LogP) is 1.70. The van der Waals surface area contributed by atoms with Gasteiger partial charge < -0.3 is 19.1 Å². The molecule has 2 heterocycles. The summed E-state index contributed by atoms with van der Waals surface area (Å²) in [7, 11) is 3.31. The monoisotopic (exact) mass is 301 g/mol. The molecule has 0 radical (unpaired) electrons. The van der Waals surface area contributed by atoms with Gasteiger partial charge >= 0.3 is 6.09 Å². The molecule has 0 aliphatic carbocycles. The van der Waals surface area contributed by atoms with E-state index in [-0.39, 0.29) is 12.0 Å². The molecule has 0 bridgehead atoms. The summed E-state index contributed by atoms with van der Waals surface area (Å²) in [5.41, 5.74) is 1.75. The first-order valence-corrected chi connectivity index (χ1v) is 7.28. The van der Waals surface area contributed by atoms with Crippen molar-refractivity contribution in [1.29, 1.82) is 0 Å². The second kappa shape index (κ2) is 5.71. The third kappa shape index (κ3) is 2.41. The molecule has 22 heavy (non-hydrogen) atoms. The Morgan fingerprint density at radius 3 is 2.36 bits per heavy atom. The Balaban J connectivity index is 1.79. The van der Waals surface area contributed by atoms with Crippen LogP contribution in [0.15, 0.2) is 30.5 Å². The van der Waals surface area contributed by atoms with Crippen molar-refractivity contribution in [3.63, 3.8) is 0 Å². The highest BCUT2D eigenvalue weighted by Gasteiger charge is 2.26. The van der Waals surface area contributed by atoms with Gasteiger partial charge in [0.25, 0.3) is 5.91 Å². The van der Waals surface area contributed by atoms with E-state index in [1.165, 1.54) is 7.11 Å². The van der Waals surface area contributed by atoms with Crippen LogP contribution in [-0.2, 0) is 11.8 Å². The van der Waals surface area contributed by atoms with Crippen molar-refractivity contribution in [1.82, 2.24) is 14.4 Å². The molecule has 1 aromatic carbocycles. The highest BCUT2D eigenvalue weighted by molar-refractivity contribution is 6.07. The van der Waals surface area contributed by atoms with Crippen LogP contribution in [-0.4, -0.2) is 59.7 Å². The van der Waals surface area contributed by atoms with E-state index in [9.17, 15) is 9.59 Å². The molecular weight excluding hydrogens is 282 g/mol. The quantitative estimate of drug-likeness (QED) is 0.805. The summed E-state index contributed by atoms with van der Waals surface area (Å²) in [4.78, 5) is 27.7. The van der Waals surface area contributed by atoms with E-state index in [0.717, 1.165) is 10.9 Å². The molecule has 1 aliphatic rings. The van der Waals surface area contributed by atoms with Crippen LogP contribution in [0.5, 0.6) is 0 Å². The number of nitrogens with zero attached hydrogens (tertiary/aromatic N) is 3. The van der Waals surface area contributed by atoms with Gasteiger partial charge in [-0.25, -0.2) is 4.79 Å². The zero-order valence-corrected chi connectivity index (χ0v) is 12.8. The van der Waals surface area contributed by atoms with Gasteiger partial charge in [-0.1, -0.05) is 18.2 Å². The molecule has 1 saturated heterocycles. The number of aryl methyl sites for hydroxylation is 1. The Morgan fingerprint density at radius 1 is 1.05 bits per heavy atom. The van der Waals surface area contributed by atoms with Crippen molar-refractivity contribution >= 4 is 22.9 Å². The number of para-hydroxylation sites is 1. The number of hydrogen-bond donors (Lipinski definition) is 0. The molecule has 0 unspecified atom stereocenters. The summed E-state index contributed by atoms with van der Waals surface area (Å²) in [6, 6.07) is 7.87. The zero-order chi connectivity index (χ0) is 15.7. The van der Waals surface area contributed by atoms with Crippen molar-refractivity contribution in [2.45, 2.75) is 0 Å². The minimum atomic E-state index is -0.336. The molecule has 1 aliphatic heterocycles. The molecule has 1 fully saturated rings. The summed E-state index contributed by atoms with van der Waals surface area (Å²) in [6.45, 7) is 2.06. The number of aromatic nitrogens is 1. The number of rotatable bonds is 1. The lowest BCUT2D eigenvalue weighted by molar-refractivity contribution is 0.0601. The number of hydrogen-bond acceptors (Lipinski definition) is 3. The molecule has 0 N–H and O–H groups in total. The largest absolute Gasteiger partial charge is 0.453 e. The van der Waals surface area contributed by atoms with E-state index in [2.05, 4.69) is 0 Å². The van der Waals surface area contributed by atoms with Gasteiger partial charge in [-0.3, -0.25) is 4.79 Å². The van der Waals surface area contributed by atoms with E-state index in [4.69, 9.17) is 4.74 Å². The average molecular weight is 301 g/mol. The third-order valence-electron chi connectivity index (χ3n) is 4.13. The van der Waals surface area contributed by atoms with E-state index in [1.807, 2.05) is 42.1 Å². The van der Waals surface area contributed by atoms with Crippen LogP contribution in [0.3, 0.4) is 0 Å². The highest BCUT2D eigenvalue weighted by Crippen LogP contribution is 2.22. The number of fused-ring (bicyclic) bond motifs is 1. The predicted molar refractivity (Wildman–Crippen MR) is 82.8 cm³/mol. The SMILES string of the molecule is COC(=O)N1CCN(C(=O)c2cn(C)c3ccccc23)CC1. The van der Waals surface area contributed by atoms with E-state index in [1.54, 1.807) is 9.80 Å². The molecule has 0 saturated carbocycles. The van der Waals surface area contributed by atoms with Crippen LogP contribution in [0.4, 0.5) is 4.79 Å². The van der Waals surface area contributed by atoms with Gasteiger partial charge in [-0.2, -0.15) is 0 Å². The highest BCUT2D eigenvalue weighted by atomic mass is 16.5. The minimum Gasteiger partial charge on any atom is -0.453 e. The Bertz CT molecular complexity index is 714. The molecule has 1 aromatic heterocycles. The molecule has 6 heteroatoms. The molecular formula is C16H19N3O3. The number of carbonyl (C=O) groups is 2. The smallest absolute Gasteiger partial charge is 0.409 e. The number of benzene rings is 1. The van der Waals surface area contributed by atoms with Crippen LogP contribution in [0.1, 0.15) is 10.4 Å². The Hall–Kier alpha value is -2.50. The van der Waals surface area contributed by atoms with Crippen molar-refractivity contribution in [2.24, 2.45) is 7.05 Å². The van der Waals surface area contributed by atoms with Gasteiger partial charge in [0.15, 0.2) is 0 Å². The third-order valence-corrected chi connectivity index (χ3v) is 4.13. The van der Waals surface area contributed by atoms with Gasteiger partial charge in [0, 0.05) is 50.3 Å². The topological polar surface area (TPSA) is 54.8 Å². The maximum Gasteiger partial charge on any atom is 0.409 e.